The number of benzene rings is 2. The van der Waals surface area contributed by atoms with Gasteiger partial charge in [0, 0.05) is 26.1 Å². The molecule has 4 heteroatoms. The summed E-state index contributed by atoms with van der Waals surface area (Å²) in [6.07, 6.45) is 2.49. The van der Waals surface area contributed by atoms with Crippen LogP contribution in [0.5, 0.6) is 11.5 Å². The first-order valence-electron chi connectivity index (χ1n) is 10.3. The van der Waals surface area contributed by atoms with Gasteiger partial charge < -0.3 is 19.8 Å². The summed E-state index contributed by atoms with van der Waals surface area (Å²) in [7, 11) is 1.68. The molecule has 1 aliphatic carbocycles. The molecule has 0 bridgehead atoms. The predicted octanol–water partition coefficient (Wildman–Crippen LogP) is 3.82. The Balaban J connectivity index is 1.33. The van der Waals surface area contributed by atoms with Gasteiger partial charge in [-0.25, -0.2) is 0 Å². The van der Waals surface area contributed by atoms with Crippen LogP contribution in [0.3, 0.4) is 0 Å². The first-order valence-corrected chi connectivity index (χ1v) is 10.3. The Labute approximate surface area is 167 Å². The van der Waals surface area contributed by atoms with Gasteiger partial charge in [0.1, 0.15) is 11.5 Å². The Morgan fingerprint density at radius 3 is 2.43 bits per heavy atom. The smallest absolute Gasteiger partial charge is 0.119 e. The summed E-state index contributed by atoms with van der Waals surface area (Å²) in [5.74, 6) is 2.79. The lowest BCUT2D eigenvalue weighted by Crippen LogP contribution is -2.33. The quantitative estimate of drug-likeness (QED) is 0.799. The number of hydrogen-bond donors (Lipinski definition) is 2. The van der Waals surface area contributed by atoms with Crippen LogP contribution < -0.4 is 4.74 Å². The second-order valence-electron chi connectivity index (χ2n) is 8.89. The Hall–Kier alpha value is -2.04. The fourth-order valence-electron chi connectivity index (χ4n) is 5.31. The van der Waals surface area contributed by atoms with E-state index in [2.05, 4.69) is 17.9 Å². The average molecular weight is 382 g/mol. The van der Waals surface area contributed by atoms with Crippen molar-refractivity contribution < 1.29 is 14.9 Å². The number of likely N-dealkylation sites (tertiary alicyclic amines) is 1. The zero-order chi connectivity index (χ0) is 19.7. The highest BCUT2D eigenvalue weighted by molar-refractivity contribution is 5.30. The average Bonchev–Trinajstić information content (AvgIpc) is 3.16. The number of hydrogen-bond acceptors (Lipinski definition) is 4. The van der Waals surface area contributed by atoms with Crippen LogP contribution in [0.1, 0.15) is 36.8 Å². The maximum Gasteiger partial charge on any atom is 0.119 e. The van der Waals surface area contributed by atoms with E-state index in [0.29, 0.717) is 29.9 Å². The third-order valence-corrected chi connectivity index (χ3v) is 6.60. The van der Waals surface area contributed by atoms with E-state index >= 15 is 0 Å². The number of fused-ring (bicyclic) bond motifs is 1. The molecular weight excluding hydrogens is 350 g/mol. The molecule has 1 aliphatic heterocycles. The van der Waals surface area contributed by atoms with E-state index in [1.165, 1.54) is 5.56 Å². The molecule has 2 aromatic rings. The zero-order valence-electron chi connectivity index (χ0n) is 16.8. The topological polar surface area (TPSA) is 52.9 Å². The lowest BCUT2D eigenvalue weighted by atomic mass is 9.91. The number of aliphatic hydroxyl groups is 1. The molecule has 4 nitrogen and oxygen atoms in total. The first kappa shape index (κ1) is 19.3. The van der Waals surface area contributed by atoms with Crippen molar-refractivity contribution in [1.29, 1.82) is 0 Å². The molecule has 2 N–H and O–H groups in total. The highest BCUT2D eigenvalue weighted by Crippen LogP contribution is 2.45. The summed E-state index contributed by atoms with van der Waals surface area (Å²) in [4.78, 5) is 2.55. The molecule has 1 unspecified atom stereocenters. The number of aromatic hydroxyl groups is 1. The van der Waals surface area contributed by atoms with Crippen molar-refractivity contribution in [2.45, 2.75) is 37.7 Å². The number of methoxy groups -OCH3 is 1. The van der Waals surface area contributed by atoms with Crippen molar-refractivity contribution in [3.8, 4) is 11.5 Å². The van der Waals surface area contributed by atoms with Crippen LogP contribution in [-0.4, -0.2) is 47.5 Å². The van der Waals surface area contributed by atoms with E-state index in [-0.39, 0.29) is 0 Å². The molecule has 1 saturated carbocycles. The summed E-state index contributed by atoms with van der Waals surface area (Å²) >= 11 is 0. The lowest BCUT2D eigenvalue weighted by molar-refractivity contribution is 0.0353. The van der Waals surface area contributed by atoms with Crippen molar-refractivity contribution in [3.63, 3.8) is 0 Å². The Kier molecular flexibility index (Phi) is 5.35. The van der Waals surface area contributed by atoms with Gasteiger partial charge in [0.05, 0.1) is 12.7 Å². The second-order valence-corrected chi connectivity index (χ2v) is 8.89. The minimum atomic E-state index is -0.587. The lowest BCUT2D eigenvalue weighted by Gasteiger charge is -2.27. The summed E-state index contributed by atoms with van der Waals surface area (Å²) in [6.45, 7) is 5.44. The van der Waals surface area contributed by atoms with Gasteiger partial charge in [-0.15, -0.1) is 0 Å². The van der Waals surface area contributed by atoms with Gasteiger partial charge in [-0.2, -0.15) is 0 Å². The van der Waals surface area contributed by atoms with Gasteiger partial charge in [-0.05, 0) is 66.0 Å². The van der Waals surface area contributed by atoms with E-state index < -0.39 is 5.60 Å². The Bertz CT molecular complexity index is 790. The van der Waals surface area contributed by atoms with Gasteiger partial charge in [0.25, 0.3) is 0 Å². The molecule has 2 fully saturated rings. The van der Waals surface area contributed by atoms with Crippen LogP contribution in [0, 0.1) is 11.8 Å². The predicted molar refractivity (Wildman–Crippen MR) is 111 cm³/mol. The Morgan fingerprint density at radius 1 is 1.11 bits per heavy atom. The van der Waals surface area contributed by atoms with Gasteiger partial charge in [0.15, 0.2) is 0 Å². The van der Waals surface area contributed by atoms with E-state index in [4.69, 9.17) is 4.74 Å². The van der Waals surface area contributed by atoms with Crippen molar-refractivity contribution in [2.75, 3.05) is 26.7 Å². The number of rotatable bonds is 6. The van der Waals surface area contributed by atoms with E-state index in [1.807, 2.05) is 30.3 Å². The second kappa shape index (κ2) is 7.76. The minimum absolute atomic E-state index is 0.321. The highest BCUT2D eigenvalue weighted by Gasteiger charge is 2.48. The van der Waals surface area contributed by atoms with Gasteiger partial charge >= 0.3 is 0 Å². The normalized spacial score (nSPS) is 28.2. The molecule has 28 heavy (non-hydrogen) atoms. The van der Waals surface area contributed by atoms with Crippen LogP contribution in [0.2, 0.25) is 0 Å². The third kappa shape index (κ3) is 4.18. The monoisotopic (exact) mass is 381 g/mol. The van der Waals surface area contributed by atoms with Crippen LogP contribution in [0.4, 0.5) is 0 Å². The van der Waals surface area contributed by atoms with Crippen LogP contribution >= 0.6 is 0 Å². The SMILES string of the molecule is COc1cccc(C[C@]2(O)C[C@H]3CN(CC(C)c4ccc(O)cc4)C[C@H]3C2)c1. The minimum Gasteiger partial charge on any atom is -0.508 e. The molecule has 2 aromatic carbocycles. The van der Waals surface area contributed by atoms with E-state index in [1.54, 1.807) is 19.2 Å². The highest BCUT2D eigenvalue weighted by atomic mass is 16.5. The van der Waals surface area contributed by atoms with E-state index in [0.717, 1.165) is 43.8 Å². The van der Waals surface area contributed by atoms with Gasteiger partial charge in [-0.3, -0.25) is 0 Å². The Morgan fingerprint density at radius 2 is 1.79 bits per heavy atom. The summed E-state index contributed by atoms with van der Waals surface area (Å²) in [5.41, 5.74) is 1.83. The number of nitrogens with zero attached hydrogens (tertiary/aromatic N) is 1. The largest absolute Gasteiger partial charge is 0.508 e. The molecule has 1 saturated heterocycles. The number of phenolic OH excluding ortho intramolecular Hbond substituents is 1. The molecule has 0 aromatic heterocycles. The molecule has 0 spiro atoms. The van der Waals surface area contributed by atoms with Crippen LogP contribution in [0.15, 0.2) is 48.5 Å². The molecule has 150 valence electrons. The molecule has 4 rings (SSSR count). The molecule has 0 amide bonds. The van der Waals surface area contributed by atoms with E-state index in [9.17, 15) is 10.2 Å². The maximum absolute atomic E-state index is 11.2. The first-order chi connectivity index (χ1) is 13.4. The summed E-state index contributed by atoms with van der Waals surface area (Å²) in [5, 5.41) is 20.7. The molecule has 2 aliphatic rings. The third-order valence-electron chi connectivity index (χ3n) is 6.60. The van der Waals surface area contributed by atoms with Crippen molar-refractivity contribution >= 4 is 0 Å². The van der Waals surface area contributed by atoms with Crippen molar-refractivity contribution in [1.82, 2.24) is 4.90 Å². The summed E-state index contributed by atoms with van der Waals surface area (Å²) < 4.78 is 5.32. The van der Waals surface area contributed by atoms with Crippen LogP contribution in [-0.2, 0) is 6.42 Å². The molecular formula is C24H31NO3. The fourth-order valence-corrected chi connectivity index (χ4v) is 5.31. The van der Waals surface area contributed by atoms with Crippen molar-refractivity contribution in [2.24, 2.45) is 11.8 Å². The van der Waals surface area contributed by atoms with Crippen LogP contribution in [0.25, 0.3) is 0 Å². The maximum atomic E-state index is 11.2. The van der Waals surface area contributed by atoms with Gasteiger partial charge in [0.2, 0.25) is 0 Å². The number of phenols is 1. The summed E-state index contributed by atoms with van der Waals surface area (Å²) in [6, 6.07) is 15.6. The standard InChI is InChI=1S/C24H31NO3/c1-17(19-6-8-22(26)9-7-19)14-25-15-20-12-24(27,13-21(20)16-25)11-18-4-3-5-23(10-18)28-2/h3-10,17,20-21,26-27H,11-16H2,1-2H3/t17?,20-,21+,24-. The molecule has 1 heterocycles. The molecule has 4 atom stereocenters. The van der Waals surface area contributed by atoms with Gasteiger partial charge in [-0.1, -0.05) is 31.2 Å². The fraction of sp³-hybridized carbons (Fsp3) is 0.500. The number of ether oxygens (including phenoxy) is 1. The van der Waals surface area contributed by atoms with Crippen molar-refractivity contribution in [3.05, 3.63) is 59.7 Å². The molecule has 0 radical (unpaired) electrons. The zero-order valence-corrected chi connectivity index (χ0v) is 16.8.